The summed E-state index contributed by atoms with van der Waals surface area (Å²) in [5.74, 6) is 0.180. The number of rotatable bonds is 3. The summed E-state index contributed by atoms with van der Waals surface area (Å²) in [7, 11) is 0. The molecule has 2 aromatic heterocycles. The summed E-state index contributed by atoms with van der Waals surface area (Å²) in [6.07, 6.45) is 0. The zero-order chi connectivity index (χ0) is 24.3. The first kappa shape index (κ1) is 22.4. The summed E-state index contributed by atoms with van der Waals surface area (Å²) in [6, 6.07) is 20.0. The molecule has 1 aliphatic heterocycles. The Labute approximate surface area is 221 Å². The molecule has 0 atom stereocenters. The van der Waals surface area contributed by atoms with Crippen molar-refractivity contribution in [2.45, 2.75) is 6.54 Å². The molecule has 0 radical (unpaired) electrons. The minimum absolute atomic E-state index is 0.243. The Bertz CT molecular complexity index is 1750. The van der Waals surface area contributed by atoms with E-state index in [2.05, 4.69) is 26.0 Å². The highest BCUT2D eigenvalue weighted by atomic mass is 79.9. The van der Waals surface area contributed by atoms with Gasteiger partial charge in [-0.25, -0.2) is 0 Å². The summed E-state index contributed by atoms with van der Waals surface area (Å²) >= 11 is 16.6. The average molecular weight is 584 g/mol. The number of anilines is 1. The van der Waals surface area contributed by atoms with Crippen LogP contribution in [0.1, 0.15) is 11.1 Å². The van der Waals surface area contributed by atoms with Crippen molar-refractivity contribution in [3.8, 4) is 11.4 Å². The van der Waals surface area contributed by atoms with Gasteiger partial charge in [0, 0.05) is 25.6 Å². The lowest BCUT2D eigenvalue weighted by atomic mass is 10.1. The molecular weight excluding hydrogens is 571 g/mol. The van der Waals surface area contributed by atoms with Crippen LogP contribution < -0.4 is 15.0 Å². The van der Waals surface area contributed by atoms with Crippen molar-refractivity contribution in [3.05, 3.63) is 107 Å². The van der Waals surface area contributed by atoms with Gasteiger partial charge < -0.3 is 4.90 Å². The van der Waals surface area contributed by atoms with E-state index in [1.165, 1.54) is 4.52 Å². The highest BCUT2D eigenvalue weighted by molar-refractivity contribution is 9.10. The molecule has 0 unspecified atom stereocenters. The van der Waals surface area contributed by atoms with Crippen LogP contribution in [0.3, 0.4) is 0 Å². The van der Waals surface area contributed by atoms with Gasteiger partial charge in [-0.15, -0.1) is 5.10 Å². The van der Waals surface area contributed by atoms with Crippen LogP contribution in [0, 0.1) is 0 Å². The van der Waals surface area contributed by atoms with Crippen LogP contribution in [0.2, 0.25) is 10.0 Å². The molecular formula is C25H13BrCl2N4O2S. The number of hydrogen-bond acceptors (Lipinski definition) is 5. The van der Waals surface area contributed by atoms with Gasteiger partial charge in [0.2, 0.25) is 4.96 Å². The summed E-state index contributed by atoms with van der Waals surface area (Å²) in [6.45, 7) is 0.351. The molecule has 3 aromatic carbocycles. The Morgan fingerprint density at radius 2 is 1.60 bits per heavy atom. The van der Waals surface area contributed by atoms with Crippen LogP contribution in [0.15, 0.2) is 76.0 Å². The monoisotopic (exact) mass is 582 g/mol. The lowest BCUT2D eigenvalue weighted by Crippen LogP contribution is -2.32. The van der Waals surface area contributed by atoms with Gasteiger partial charge in [-0.1, -0.05) is 62.6 Å². The van der Waals surface area contributed by atoms with Crippen molar-refractivity contribution in [3.63, 3.8) is 0 Å². The first-order valence-corrected chi connectivity index (χ1v) is 12.8. The SMILES string of the molecule is O=C1/C(=c2\sc3nc(-c4ccc(Cl)cc4)nn3c2=O)c2cc(Br)ccc2N1Cc1ccc(Cl)cc1. The summed E-state index contributed by atoms with van der Waals surface area (Å²) in [4.78, 5) is 33.7. The number of thiazole rings is 1. The summed E-state index contributed by atoms with van der Waals surface area (Å²) in [5, 5.41) is 5.63. The van der Waals surface area contributed by atoms with E-state index in [0.29, 0.717) is 43.0 Å². The Morgan fingerprint density at radius 3 is 2.29 bits per heavy atom. The zero-order valence-electron chi connectivity index (χ0n) is 17.7. The van der Waals surface area contributed by atoms with E-state index in [9.17, 15) is 9.59 Å². The molecule has 6 rings (SSSR count). The first-order valence-electron chi connectivity index (χ1n) is 10.4. The molecule has 6 nitrogen and oxygen atoms in total. The van der Waals surface area contributed by atoms with Crippen molar-refractivity contribution >= 4 is 72.6 Å². The maximum absolute atomic E-state index is 13.7. The van der Waals surface area contributed by atoms with E-state index in [1.54, 1.807) is 41.3 Å². The molecule has 0 N–H and O–H groups in total. The second-order valence-electron chi connectivity index (χ2n) is 7.93. The number of amides is 1. The van der Waals surface area contributed by atoms with Crippen molar-refractivity contribution in [1.29, 1.82) is 0 Å². The molecule has 0 bridgehead atoms. The number of nitrogens with zero attached hydrogens (tertiary/aromatic N) is 4. The number of halogens is 3. The van der Waals surface area contributed by atoms with Crippen molar-refractivity contribution < 1.29 is 4.79 Å². The Morgan fingerprint density at radius 1 is 0.914 bits per heavy atom. The lowest BCUT2D eigenvalue weighted by Gasteiger charge is -2.17. The first-order chi connectivity index (χ1) is 16.9. The van der Waals surface area contributed by atoms with Crippen LogP contribution in [0.5, 0.6) is 0 Å². The highest BCUT2D eigenvalue weighted by Gasteiger charge is 2.34. The van der Waals surface area contributed by atoms with Gasteiger partial charge in [0.1, 0.15) is 4.53 Å². The van der Waals surface area contributed by atoms with E-state index in [4.69, 9.17) is 23.2 Å². The number of aromatic nitrogens is 3. The van der Waals surface area contributed by atoms with E-state index in [1.807, 2.05) is 30.3 Å². The normalized spacial score (nSPS) is 14.7. The highest BCUT2D eigenvalue weighted by Crippen LogP contribution is 2.38. The fourth-order valence-electron chi connectivity index (χ4n) is 4.06. The molecule has 1 amide bonds. The Kier molecular flexibility index (Phi) is 5.49. The maximum atomic E-state index is 13.7. The van der Waals surface area contributed by atoms with Crippen molar-refractivity contribution in [2.24, 2.45) is 0 Å². The van der Waals surface area contributed by atoms with Crippen LogP contribution >= 0.6 is 50.5 Å². The number of benzene rings is 3. The van der Waals surface area contributed by atoms with Gasteiger partial charge in [-0.05, 0) is 60.2 Å². The maximum Gasteiger partial charge on any atom is 0.291 e. The van der Waals surface area contributed by atoms with Crippen molar-refractivity contribution in [1.82, 2.24) is 14.6 Å². The molecule has 0 saturated heterocycles. The molecule has 0 saturated carbocycles. The molecule has 3 heterocycles. The lowest BCUT2D eigenvalue weighted by molar-refractivity contribution is -0.113. The molecule has 0 spiro atoms. The minimum Gasteiger partial charge on any atom is -0.303 e. The van der Waals surface area contributed by atoms with Gasteiger partial charge in [-0.3, -0.25) is 9.59 Å². The molecule has 0 aliphatic carbocycles. The molecule has 35 heavy (non-hydrogen) atoms. The minimum atomic E-state index is -0.375. The molecule has 5 aromatic rings. The van der Waals surface area contributed by atoms with E-state index < -0.39 is 0 Å². The van der Waals surface area contributed by atoms with Crippen LogP contribution in [-0.4, -0.2) is 20.5 Å². The van der Waals surface area contributed by atoms with Crippen LogP contribution in [0.4, 0.5) is 5.69 Å². The fourth-order valence-corrected chi connectivity index (χ4v) is 5.67. The van der Waals surface area contributed by atoms with Gasteiger partial charge in [0.25, 0.3) is 11.5 Å². The number of fused-ring (bicyclic) bond motifs is 2. The average Bonchev–Trinajstić information content (AvgIpc) is 3.47. The Balaban J connectivity index is 1.50. The second kappa shape index (κ2) is 8.57. The van der Waals surface area contributed by atoms with E-state index >= 15 is 0 Å². The van der Waals surface area contributed by atoms with E-state index in [-0.39, 0.29) is 11.5 Å². The predicted octanol–water partition coefficient (Wildman–Crippen LogP) is 5.35. The topological polar surface area (TPSA) is 67.6 Å². The van der Waals surface area contributed by atoms with Gasteiger partial charge in [0.15, 0.2) is 5.82 Å². The third-order valence-corrected chi connectivity index (χ3v) is 7.75. The van der Waals surface area contributed by atoms with Gasteiger partial charge in [-0.2, -0.15) is 9.50 Å². The van der Waals surface area contributed by atoms with Crippen molar-refractivity contribution in [2.75, 3.05) is 4.90 Å². The smallest absolute Gasteiger partial charge is 0.291 e. The second-order valence-corrected chi connectivity index (χ2v) is 10.7. The summed E-state index contributed by atoms with van der Waals surface area (Å²) in [5.41, 5.74) is 3.09. The quantitative estimate of drug-likeness (QED) is 0.287. The zero-order valence-corrected chi connectivity index (χ0v) is 21.6. The Hall–Kier alpha value is -3.04. The molecule has 172 valence electrons. The van der Waals surface area contributed by atoms with Gasteiger partial charge in [0.05, 0.1) is 17.8 Å². The van der Waals surface area contributed by atoms with Crippen LogP contribution in [-0.2, 0) is 11.3 Å². The van der Waals surface area contributed by atoms with E-state index in [0.717, 1.165) is 32.6 Å². The third-order valence-electron chi connectivity index (χ3n) is 5.72. The molecule has 1 aliphatic rings. The number of carbonyl (C=O) groups excluding carboxylic acids is 1. The predicted molar refractivity (Wildman–Crippen MR) is 142 cm³/mol. The van der Waals surface area contributed by atoms with Gasteiger partial charge >= 0.3 is 0 Å². The number of carbonyl (C=O) groups is 1. The summed E-state index contributed by atoms with van der Waals surface area (Å²) < 4.78 is 2.38. The molecule has 10 heteroatoms. The third kappa shape index (κ3) is 3.87. The standard InChI is InChI=1S/C25H13BrCl2N4O2S/c26-15-5-10-19-18(11-15)20(23(33)31(19)12-13-1-6-16(27)7-2-13)21-24(34)32-25(35-21)29-22(30-32)14-3-8-17(28)9-4-14/h1-11H,12H2/b21-20-. The fraction of sp³-hybridized carbons (Fsp3) is 0.0400. The number of hydrogen-bond donors (Lipinski definition) is 0. The van der Waals surface area contributed by atoms with Crippen LogP contribution in [0.25, 0.3) is 21.9 Å². The largest absolute Gasteiger partial charge is 0.303 e. The molecule has 0 fully saturated rings.